The molecular formula is C17H34N2. The second kappa shape index (κ2) is 7.08. The number of rotatable bonds is 4. The number of hydrogen-bond donors (Lipinski definition) is 0. The van der Waals surface area contributed by atoms with Gasteiger partial charge in [-0.2, -0.15) is 0 Å². The minimum Gasteiger partial charge on any atom is -0.303 e. The molecule has 2 unspecified atom stereocenters. The fourth-order valence-corrected chi connectivity index (χ4v) is 4.21. The van der Waals surface area contributed by atoms with Gasteiger partial charge < -0.3 is 9.80 Å². The Balaban J connectivity index is 1.82. The Kier molecular flexibility index (Phi) is 5.70. The maximum absolute atomic E-state index is 2.76. The Morgan fingerprint density at radius 2 is 1.47 bits per heavy atom. The highest BCUT2D eigenvalue weighted by molar-refractivity contribution is 4.85. The molecule has 2 saturated heterocycles. The van der Waals surface area contributed by atoms with Crippen LogP contribution in [0.3, 0.4) is 0 Å². The smallest absolute Gasteiger partial charge is 0.00157 e. The van der Waals surface area contributed by atoms with Crippen LogP contribution >= 0.6 is 0 Å². The summed E-state index contributed by atoms with van der Waals surface area (Å²) in [6.07, 6.45) is 4.26. The van der Waals surface area contributed by atoms with Crippen LogP contribution in [0.4, 0.5) is 0 Å². The van der Waals surface area contributed by atoms with E-state index in [1.165, 1.54) is 58.5 Å². The van der Waals surface area contributed by atoms with E-state index >= 15 is 0 Å². The average Bonchev–Trinajstić information content (AvgIpc) is 2.43. The summed E-state index contributed by atoms with van der Waals surface area (Å²) in [5.74, 6) is 3.66. The van der Waals surface area contributed by atoms with Crippen LogP contribution in [0.5, 0.6) is 0 Å². The molecular weight excluding hydrogens is 232 g/mol. The first-order valence-electron chi connectivity index (χ1n) is 8.58. The fourth-order valence-electron chi connectivity index (χ4n) is 4.21. The molecule has 2 heteroatoms. The molecule has 0 radical (unpaired) electrons. The van der Waals surface area contributed by atoms with Crippen molar-refractivity contribution in [2.24, 2.45) is 23.7 Å². The molecule has 0 amide bonds. The van der Waals surface area contributed by atoms with Crippen LogP contribution in [0, 0.1) is 23.7 Å². The normalized spacial score (nSPS) is 35.7. The summed E-state index contributed by atoms with van der Waals surface area (Å²) in [6, 6.07) is 0. The maximum atomic E-state index is 2.76. The van der Waals surface area contributed by atoms with E-state index in [1.807, 2.05) is 0 Å². The summed E-state index contributed by atoms with van der Waals surface area (Å²) in [6.45, 7) is 17.5. The van der Waals surface area contributed by atoms with Crippen LogP contribution in [-0.2, 0) is 0 Å². The average molecular weight is 266 g/mol. The molecule has 112 valence electrons. The molecule has 2 rings (SSSR count). The van der Waals surface area contributed by atoms with E-state index < -0.39 is 0 Å². The van der Waals surface area contributed by atoms with Gasteiger partial charge in [-0.3, -0.25) is 0 Å². The predicted molar refractivity (Wildman–Crippen MR) is 83.4 cm³/mol. The summed E-state index contributed by atoms with van der Waals surface area (Å²) >= 11 is 0. The Hall–Kier alpha value is -0.0800. The number of nitrogens with zero attached hydrogens (tertiary/aromatic N) is 2. The van der Waals surface area contributed by atoms with Gasteiger partial charge in [0, 0.05) is 19.6 Å². The van der Waals surface area contributed by atoms with Crippen LogP contribution in [0.1, 0.15) is 47.0 Å². The molecule has 2 aliphatic rings. The maximum Gasteiger partial charge on any atom is 0.00157 e. The lowest BCUT2D eigenvalue weighted by molar-refractivity contribution is 0.0450. The Morgan fingerprint density at radius 3 is 1.95 bits per heavy atom. The minimum atomic E-state index is 0.868. The molecule has 2 nitrogen and oxygen atoms in total. The van der Waals surface area contributed by atoms with Crippen molar-refractivity contribution in [2.75, 3.05) is 39.3 Å². The van der Waals surface area contributed by atoms with Crippen molar-refractivity contribution in [1.82, 2.24) is 9.80 Å². The third kappa shape index (κ3) is 3.95. The highest BCUT2D eigenvalue weighted by Gasteiger charge is 2.33. The van der Waals surface area contributed by atoms with E-state index in [-0.39, 0.29) is 0 Å². The molecule has 0 aromatic rings. The summed E-state index contributed by atoms with van der Waals surface area (Å²) in [7, 11) is 0. The fraction of sp³-hybridized carbons (Fsp3) is 1.00. The molecule has 0 bridgehead atoms. The van der Waals surface area contributed by atoms with Crippen LogP contribution in [-0.4, -0.2) is 49.1 Å². The zero-order chi connectivity index (χ0) is 13.8. The molecule has 2 aliphatic heterocycles. The molecule has 0 aliphatic carbocycles. The molecule has 2 heterocycles. The Bertz CT molecular complexity index is 246. The topological polar surface area (TPSA) is 6.48 Å². The van der Waals surface area contributed by atoms with Gasteiger partial charge in [0.15, 0.2) is 0 Å². The number of likely N-dealkylation sites (tertiary alicyclic amines) is 2. The second-order valence-corrected chi connectivity index (χ2v) is 7.12. The number of piperidine rings is 2. The van der Waals surface area contributed by atoms with Crippen molar-refractivity contribution >= 4 is 0 Å². The molecule has 2 fully saturated rings. The van der Waals surface area contributed by atoms with E-state index in [4.69, 9.17) is 0 Å². The number of hydrogen-bond acceptors (Lipinski definition) is 2. The SMILES string of the molecule is CCC1CCN(CC2C(C)CN(CC)CC2C)CC1. The highest BCUT2D eigenvalue weighted by atomic mass is 15.2. The first kappa shape index (κ1) is 15.3. The van der Waals surface area contributed by atoms with Gasteiger partial charge >= 0.3 is 0 Å². The monoisotopic (exact) mass is 266 g/mol. The standard InChI is InChI=1S/C17H34N2/c1-5-16-7-9-19(10-8-16)13-17-14(3)11-18(6-2)12-15(17)4/h14-17H,5-13H2,1-4H3. The van der Waals surface area contributed by atoms with Crippen LogP contribution in [0.2, 0.25) is 0 Å². The van der Waals surface area contributed by atoms with E-state index in [0.29, 0.717) is 0 Å². The molecule has 0 aromatic heterocycles. The Labute approximate surface area is 120 Å². The molecule has 0 spiro atoms. The van der Waals surface area contributed by atoms with Crippen molar-refractivity contribution in [3.05, 3.63) is 0 Å². The van der Waals surface area contributed by atoms with Gasteiger partial charge in [0.2, 0.25) is 0 Å². The zero-order valence-corrected chi connectivity index (χ0v) is 13.6. The van der Waals surface area contributed by atoms with E-state index in [1.54, 1.807) is 0 Å². The first-order chi connectivity index (χ1) is 9.13. The van der Waals surface area contributed by atoms with E-state index in [9.17, 15) is 0 Å². The lowest BCUT2D eigenvalue weighted by atomic mass is 9.78. The lowest BCUT2D eigenvalue weighted by Gasteiger charge is -2.44. The summed E-state index contributed by atoms with van der Waals surface area (Å²) in [5, 5.41) is 0. The highest BCUT2D eigenvalue weighted by Crippen LogP contribution is 2.30. The van der Waals surface area contributed by atoms with E-state index in [0.717, 1.165) is 23.7 Å². The van der Waals surface area contributed by atoms with Gasteiger partial charge in [0.25, 0.3) is 0 Å². The minimum absolute atomic E-state index is 0.868. The quantitative estimate of drug-likeness (QED) is 0.770. The van der Waals surface area contributed by atoms with Gasteiger partial charge in [-0.15, -0.1) is 0 Å². The first-order valence-corrected chi connectivity index (χ1v) is 8.58. The van der Waals surface area contributed by atoms with Gasteiger partial charge in [-0.25, -0.2) is 0 Å². The van der Waals surface area contributed by atoms with Crippen molar-refractivity contribution in [3.8, 4) is 0 Å². The van der Waals surface area contributed by atoms with Crippen molar-refractivity contribution < 1.29 is 0 Å². The zero-order valence-electron chi connectivity index (χ0n) is 13.6. The van der Waals surface area contributed by atoms with Gasteiger partial charge in [-0.1, -0.05) is 34.1 Å². The molecule has 0 saturated carbocycles. The summed E-state index contributed by atoms with van der Waals surface area (Å²) in [4.78, 5) is 5.39. The summed E-state index contributed by atoms with van der Waals surface area (Å²) < 4.78 is 0. The third-order valence-electron chi connectivity index (χ3n) is 5.75. The largest absolute Gasteiger partial charge is 0.303 e. The predicted octanol–water partition coefficient (Wildman–Crippen LogP) is 3.33. The van der Waals surface area contributed by atoms with Crippen molar-refractivity contribution in [2.45, 2.75) is 47.0 Å². The molecule has 0 aromatic carbocycles. The van der Waals surface area contributed by atoms with Gasteiger partial charge in [0.1, 0.15) is 0 Å². The lowest BCUT2D eigenvalue weighted by Crippen LogP contribution is -2.49. The molecule has 0 N–H and O–H groups in total. The van der Waals surface area contributed by atoms with Crippen LogP contribution in [0.25, 0.3) is 0 Å². The van der Waals surface area contributed by atoms with Gasteiger partial charge in [-0.05, 0) is 56.1 Å². The van der Waals surface area contributed by atoms with Crippen molar-refractivity contribution in [1.29, 1.82) is 0 Å². The Morgan fingerprint density at radius 1 is 0.895 bits per heavy atom. The van der Waals surface area contributed by atoms with Gasteiger partial charge in [0.05, 0.1) is 0 Å². The molecule has 19 heavy (non-hydrogen) atoms. The second-order valence-electron chi connectivity index (χ2n) is 7.12. The van der Waals surface area contributed by atoms with Crippen LogP contribution in [0.15, 0.2) is 0 Å². The van der Waals surface area contributed by atoms with Crippen molar-refractivity contribution in [3.63, 3.8) is 0 Å². The third-order valence-corrected chi connectivity index (χ3v) is 5.75. The van der Waals surface area contributed by atoms with Crippen LogP contribution < -0.4 is 0 Å². The summed E-state index contributed by atoms with van der Waals surface area (Å²) in [5.41, 5.74) is 0. The van der Waals surface area contributed by atoms with E-state index in [2.05, 4.69) is 37.5 Å². The molecule has 2 atom stereocenters.